The molecule has 0 bridgehead atoms. The summed E-state index contributed by atoms with van der Waals surface area (Å²) in [7, 11) is 1.62. The van der Waals surface area contributed by atoms with Crippen molar-refractivity contribution in [2.75, 3.05) is 20.2 Å². The van der Waals surface area contributed by atoms with Gasteiger partial charge in [0.2, 0.25) is 0 Å². The van der Waals surface area contributed by atoms with E-state index in [9.17, 15) is 4.79 Å². The second-order valence-corrected chi connectivity index (χ2v) is 5.93. The summed E-state index contributed by atoms with van der Waals surface area (Å²) in [6.45, 7) is 5.32. The fraction of sp³-hybridized carbons (Fsp3) is 0.471. The van der Waals surface area contributed by atoms with Gasteiger partial charge in [-0.2, -0.15) is 5.10 Å². The largest absolute Gasteiger partial charge is 0.497 e. The van der Waals surface area contributed by atoms with Gasteiger partial charge < -0.3 is 9.64 Å². The van der Waals surface area contributed by atoms with Gasteiger partial charge in [-0.15, -0.1) is 0 Å². The Hall–Kier alpha value is -2.37. The van der Waals surface area contributed by atoms with Crippen LogP contribution in [0.4, 0.5) is 0 Å². The molecular formula is C17H22N4O2. The number of rotatable bonds is 3. The highest BCUT2D eigenvalue weighted by Crippen LogP contribution is 2.24. The van der Waals surface area contributed by atoms with Crippen molar-refractivity contribution in [3.8, 4) is 5.75 Å². The quantitative estimate of drug-likeness (QED) is 0.873. The van der Waals surface area contributed by atoms with E-state index in [1.807, 2.05) is 47.7 Å². The molecule has 0 saturated carbocycles. The van der Waals surface area contributed by atoms with Crippen LogP contribution in [0.15, 0.2) is 24.3 Å². The number of hydrogen-bond acceptors (Lipinski definition) is 4. The third-order valence-corrected chi connectivity index (χ3v) is 4.27. The Morgan fingerprint density at radius 2 is 2.00 bits per heavy atom. The molecule has 0 spiro atoms. The van der Waals surface area contributed by atoms with Gasteiger partial charge >= 0.3 is 0 Å². The number of ether oxygens (including phenoxy) is 1. The molecule has 6 heteroatoms. The number of nitrogens with zero attached hydrogens (tertiary/aromatic N) is 4. The van der Waals surface area contributed by atoms with E-state index in [0.29, 0.717) is 12.1 Å². The molecular weight excluding hydrogens is 292 g/mol. The molecule has 0 aliphatic carbocycles. The van der Waals surface area contributed by atoms with E-state index in [0.717, 1.165) is 36.8 Å². The maximum atomic E-state index is 12.7. The van der Waals surface area contributed by atoms with Crippen LogP contribution in [0.2, 0.25) is 0 Å². The van der Waals surface area contributed by atoms with Crippen molar-refractivity contribution in [1.29, 1.82) is 0 Å². The molecule has 2 aromatic rings. The van der Waals surface area contributed by atoms with Crippen LogP contribution in [0.1, 0.15) is 40.9 Å². The van der Waals surface area contributed by atoms with Gasteiger partial charge in [0.1, 0.15) is 17.4 Å². The number of aromatic nitrogens is 3. The summed E-state index contributed by atoms with van der Waals surface area (Å²) >= 11 is 0. The van der Waals surface area contributed by atoms with Crippen LogP contribution in [-0.2, 0) is 0 Å². The average Bonchev–Trinajstić information content (AvgIpc) is 2.93. The summed E-state index contributed by atoms with van der Waals surface area (Å²) in [5.74, 6) is 2.51. The summed E-state index contributed by atoms with van der Waals surface area (Å²) < 4.78 is 7.10. The topological polar surface area (TPSA) is 60.2 Å². The molecule has 0 radical (unpaired) electrons. The maximum absolute atomic E-state index is 12.7. The number of hydrogen-bond donors (Lipinski definition) is 0. The lowest BCUT2D eigenvalue weighted by atomic mass is 10.0. The van der Waals surface area contributed by atoms with Crippen molar-refractivity contribution in [3.05, 3.63) is 41.5 Å². The van der Waals surface area contributed by atoms with Gasteiger partial charge in [0.05, 0.1) is 13.2 Å². The highest BCUT2D eigenvalue weighted by Gasteiger charge is 2.27. The minimum Gasteiger partial charge on any atom is -0.497 e. The number of likely N-dealkylation sites (tertiary alicyclic amines) is 1. The van der Waals surface area contributed by atoms with Gasteiger partial charge in [-0.3, -0.25) is 4.79 Å². The summed E-state index contributed by atoms with van der Waals surface area (Å²) in [6.07, 6.45) is 2.00. The monoisotopic (exact) mass is 314 g/mol. The Labute approximate surface area is 136 Å². The highest BCUT2D eigenvalue weighted by atomic mass is 16.5. The zero-order valence-electron chi connectivity index (χ0n) is 13.8. The van der Waals surface area contributed by atoms with Crippen molar-refractivity contribution < 1.29 is 9.53 Å². The molecule has 23 heavy (non-hydrogen) atoms. The van der Waals surface area contributed by atoms with Crippen molar-refractivity contribution in [1.82, 2.24) is 19.7 Å². The Morgan fingerprint density at radius 1 is 1.26 bits per heavy atom. The molecule has 2 heterocycles. The van der Waals surface area contributed by atoms with Crippen molar-refractivity contribution in [3.63, 3.8) is 0 Å². The molecule has 1 saturated heterocycles. The lowest BCUT2D eigenvalue weighted by molar-refractivity contribution is 0.0671. The molecule has 0 N–H and O–H groups in total. The van der Waals surface area contributed by atoms with E-state index in [1.165, 1.54) is 0 Å². The lowest BCUT2D eigenvalue weighted by Crippen LogP contribution is -2.41. The molecule has 1 atom stereocenters. The molecule has 1 aliphatic rings. The van der Waals surface area contributed by atoms with E-state index in [-0.39, 0.29) is 11.9 Å². The first-order valence-corrected chi connectivity index (χ1v) is 7.91. The molecule has 1 aromatic heterocycles. The predicted octanol–water partition coefficient (Wildman–Crippen LogP) is 2.38. The SMILES string of the molecule is COc1ccc(C(=O)N2CCCC(n3nc(C)nc3C)C2)cc1. The first-order chi connectivity index (χ1) is 11.1. The van der Waals surface area contributed by atoms with Gasteiger partial charge in [-0.25, -0.2) is 9.67 Å². The van der Waals surface area contributed by atoms with Crippen molar-refractivity contribution >= 4 is 5.91 Å². The standard InChI is InChI=1S/C17H22N4O2/c1-12-18-13(2)21(19-12)15-5-4-10-20(11-15)17(22)14-6-8-16(23-3)9-7-14/h6-9,15H,4-5,10-11H2,1-3H3. The second kappa shape index (κ2) is 6.40. The number of carbonyl (C=O) groups is 1. The molecule has 6 nitrogen and oxygen atoms in total. The third kappa shape index (κ3) is 3.21. The van der Waals surface area contributed by atoms with E-state index in [1.54, 1.807) is 7.11 Å². The highest BCUT2D eigenvalue weighted by molar-refractivity contribution is 5.94. The maximum Gasteiger partial charge on any atom is 0.253 e. The van der Waals surface area contributed by atoms with E-state index >= 15 is 0 Å². The number of carbonyl (C=O) groups excluding carboxylic acids is 1. The van der Waals surface area contributed by atoms with Gasteiger partial charge in [0.25, 0.3) is 5.91 Å². The van der Waals surface area contributed by atoms with Crippen molar-refractivity contribution in [2.45, 2.75) is 32.7 Å². The first kappa shape index (κ1) is 15.5. The van der Waals surface area contributed by atoms with Crippen LogP contribution >= 0.6 is 0 Å². The van der Waals surface area contributed by atoms with Crippen LogP contribution < -0.4 is 4.74 Å². The van der Waals surface area contributed by atoms with Crippen LogP contribution in [-0.4, -0.2) is 45.8 Å². The lowest BCUT2D eigenvalue weighted by Gasteiger charge is -2.33. The molecule has 3 rings (SSSR count). The third-order valence-electron chi connectivity index (χ3n) is 4.27. The fourth-order valence-corrected chi connectivity index (χ4v) is 3.14. The van der Waals surface area contributed by atoms with E-state index < -0.39 is 0 Å². The zero-order valence-corrected chi connectivity index (χ0v) is 13.8. The molecule has 1 fully saturated rings. The number of aryl methyl sites for hydroxylation is 2. The smallest absolute Gasteiger partial charge is 0.253 e. The minimum absolute atomic E-state index is 0.0619. The Balaban J connectivity index is 1.74. The van der Waals surface area contributed by atoms with E-state index in [2.05, 4.69) is 10.1 Å². The van der Waals surface area contributed by atoms with Gasteiger partial charge in [-0.05, 0) is 51.0 Å². The molecule has 1 amide bonds. The fourth-order valence-electron chi connectivity index (χ4n) is 3.14. The van der Waals surface area contributed by atoms with E-state index in [4.69, 9.17) is 4.74 Å². The molecule has 1 unspecified atom stereocenters. The van der Waals surface area contributed by atoms with Crippen LogP contribution in [0.3, 0.4) is 0 Å². The van der Waals surface area contributed by atoms with Crippen LogP contribution in [0.5, 0.6) is 5.75 Å². The summed E-state index contributed by atoms with van der Waals surface area (Å²) in [5.41, 5.74) is 0.693. The summed E-state index contributed by atoms with van der Waals surface area (Å²) in [6, 6.07) is 7.47. The van der Waals surface area contributed by atoms with Crippen molar-refractivity contribution in [2.24, 2.45) is 0 Å². The molecule has 1 aliphatic heterocycles. The molecule has 122 valence electrons. The normalized spacial score (nSPS) is 18.0. The Kier molecular flexibility index (Phi) is 4.32. The number of methoxy groups -OCH3 is 1. The Bertz CT molecular complexity index is 693. The average molecular weight is 314 g/mol. The minimum atomic E-state index is 0.0619. The van der Waals surface area contributed by atoms with Gasteiger partial charge in [0.15, 0.2) is 0 Å². The predicted molar refractivity (Wildman–Crippen MR) is 86.7 cm³/mol. The van der Waals surface area contributed by atoms with Gasteiger partial charge in [-0.1, -0.05) is 0 Å². The van der Waals surface area contributed by atoms with Crippen LogP contribution in [0, 0.1) is 13.8 Å². The first-order valence-electron chi connectivity index (χ1n) is 7.91. The number of amides is 1. The zero-order chi connectivity index (χ0) is 16.4. The van der Waals surface area contributed by atoms with Crippen LogP contribution in [0.25, 0.3) is 0 Å². The summed E-state index contributed by atoms with van der Waals surface area (Å²) in [5, 5.41) is 4.47. The second-order valence-electron chi connectivity index (χ2n) is 5.93. The van der Waals surface area contributed by atoms with Gasteiger partial charge in [0, 0.05) is 18.7 Å². The number of benzene rings is 1. The summed E-state index contributed by atoms with van der Waals surface area (Å²) in [4.78, 5) is 19.0. The number of piperidine rings is 1. The molecule has 1 aromatic carbocycles. The Morgan fingerprint density at radius 3 is 2.61 bits per heavy atom.